The molecule has 0 aromatic carbocycles. The maximum absolute atomic E-state index is 12.7. The number of nitrogens with zero attached hydrogens (tertiary/aromatic N) is 1. The molecule has 0 saturated heterocycles. The van der Waals surface area contributed by atoms with Crippen molar-refractivity contribution in [3.63, 3.8) is 0 Å². The first-order chi connectivity index (χ1) is 26.0. The van der Waals surface area contributed by atoms with E-state index in [1.54, 1.807) is 0 Å². The molecule has 1 unspecified atom stereocenters. The second-order valence-electron chi connectivity index (χ2n) is 16.4. The van der Waals surface area contributed by atoms with Gasteiger partial charge >= 0.3 is 11.9 Å². The molecule has 0 amide bonds. The van der Waals surface area contributed by atoms with Crippen LogP contribution in [0.25, 0.3) is 0 Å². The summed E-state index contributed by atoms with van der Waals surface area (Å²) in [6, 6.07) is 0. The number of carbonyl (C=O) groups excluding carboxylic acids is 2. The number of rotatable bonds is 41. The molecule has 0 aliphatic heterocycles. The highest BCUT2D eigenvalue weighted by atomic mass is 31.2. The summed E-state index contributed by atoms with van der Waals surface area (Å²) in [6.07, 6.45) is 38.1. The molecule has 0 rings (SSSR count). The van der Waals surface area contributed by atoms with E-state index in [0.717, 1.165) is 32.1 Å². The van der Waals surface area contributed by atoms with Gasteiger partial charge in [-0.3, -0.25) is 14.2 Å². The Bertz CT molecular complexity index is 938. The molecule has 54 heavy (non-hydrogen) atoms. The number of likely N-dealkylation sites (N-methyl/N-ethyl adjacent to an activating group) is 1. The maximum atomic E-state index is 12.7. The Balaban J connectivity index is 4.35. The molecule has 0 N–H and O–H groups in total. The number of hydrogen-bond donors (Lipinski definition) is 0. The van der Waals surface area contributed by atoms with Gasteiger partial charge in [0.2, 0.25) is 0 Å². The minimum absolute atomic E-state index is 0.0304. The van der Waals surface area contributed by atoms with Crippen molar-refractivity contribution < 1.29 is 42.1 Å². The fourth-order valence-electron chi connectivity index (χ4n) is 6.24. The lowest BCUT2D eigenvalue weighted by molar-refractivity contribution is -0.870. The van der Waals surface area contributed by atoms with E-state index in [0.29, 0.717) is 23.9 Å². The number of hydrogen-bond acceptors (Lipinski definition) is 8. The number of unbranched alkanes of at least 4 members (excludes halogenated alkanes) is 25. The minimum atomic E-state index is -4.62. The largest absolute Gasteiger partial charge is 0.756 e. The standard InChI is InChI=1S/C44H86NO8P/c1-6-8-10-12-14-16-18-20-22-24-26-28-30-32-34-36-43(46)50-40-42(41-52-54(48,49)51-39-38-45(3,4)5)53-44(47)37-35-33-31-29-27-25-23-21-19-17-15-13-11-9-7-2/h26,28,42H,6-25,27,29-41H2,1-5H3/b28-26+/t42-/m1/s1. The highest BCUT2D eigenvalue weighted by Crippen LogP contribution is 2.38. The quantitative estimate of drug-likeness (QED) is 0.0198. The van der Waals surface area contributed by atoms with Crippen LogP contribution in [0.4, 0.5) is 0 Å². The summed E-state index contributed by atoms with van der Waals surface area (Å²) in [7, 11) is 1.17. The third-order valence-corrected chi connectivity index (χ3v) is 10.7. The molecule has 0 aliphatic carbocycles. The first kappa shape index (κ1) is 52.8. The second kappa shape index (κ2) is 37.3. The predicted molar refractivity (Wildman–Crippen MR) is 222 cm³/mol. The molecule has 10 heteroatoms. The number of allylic oxidation sites excluding steroid dienone is 2. The number of ether oxygens (including phenoxy) is 2. The van der Waals surface area contributed by atoms with Crippen molar-refractivity contribution in [1.29, 1.82) is 0 Å². The minimum Gasteiger partial charge on any atom is -0.756 e. The van der Waals surface area contributed by atoms with Crippen LogP contribution in [0.3, 0.4) is 0 Å². The molecular formula is C44H86NO8P. The van der Waals surface area contributed by atoms with Gasteiger partial charge in [0.05, 0.1) is 27.7 Å². The average molecular weight is 788 g/mol. The zero-order chi connectivity index (χ0) is 40.0. The third-order valence-electron chi connectivity index (χ3n) is 9.79. The summed E-state index contributed by atoms with van der Waals surface area (Å²) in [5, 5.41) is 0. The molecule has 9 nitrogen and oxygen atoms in total. The van der Waals surface area contributed by atoms with Crippen molar-refractivity contribution in [3.8, 4) is 0 Å². The topological polar surface area (TPSA) is 111 Å². The van der Waals surface area contributed by atoms with Gasteiger partial charge in [0.15, 0.2) is 6.10 Å². The molecule has 0 heterocycles. The molecule has 0 aromatic heterocycles. The fraction of sp³-hybridized carbons (Fsp3) is 0.909. The van der Waals surface area contributed by atoms with E-state index in [2.05, 4.69) is 26.0 Å². The molecule has 0 saturated carbocycles. The zero-order valence-electron chi connectivity index (χ0n) is 35.9. The number of phosphoric ester groups is 1. The fourth-order valence-corrected chi connectivity index (χ4v) is 6.97. The van der Waals surface area contributed by atoms with Gasteiger partial charge in [-0.25, -0.2) is 0 Å². The monoisotopic (exact) mass is 788 g/mol. The van der Waals surface area contributed by atoms with E-state index in [-0.39, 0.29) is 26.1 Å². The lowest BCUT2D eigenvalue weighted by atomic mass is 10.0. The maximum Gasteiger partial charge on any atom is 0.306 e. The van der Waals surface area contributed by atoms with Gasteiger partial charge in [-0.15, -0.1) is 0 Å². The van der Waals surface area contributed by atoms with E-state index in [1.165, 1.54) is 135 Å². The van der Waals surface area contributed by atoms with Crippen LogP contribution in [0.5, 0.6) is 0 Å². The predicted octanol–water partition coefficient (Wildman–Crippen LogP) is 11.9. The van der Waals surface area contributed by atoms with Crippen molar-refractivity contribution in [1.82, 2.24) is 0 Å². The Morgan fingerprint density at radius 1 is 0.556 bits per heavy atom. The smallest absolute Gasteiger partial charge is 0.306 e. The zero-order valence-corrected chi connectivity index (χ0v) is 36.8. The molecule has 0 fully saturated rings. The Kier molecular flexibility index (Phi) is 36.5. The normalized spacial score (nSPS) is 13.7. The summed E-state index contributed by atoms with van der Waals surface area (Å²) < 4.78 is 33.9. The van der Waals surface area contributed by atoms with E-state index >= 15 is 0 Å². The van der Waals surface area contributed by atoms with Crippen molar-refractivity contribution in [3.05, 3.63) is 12.2 Å². The third kappa shape index (κ3) is 40.4. The Labute approximate surface area is 333 Å². The summed E-state index contributed by atoms with van der Waals surface area (Å²) >= 11 is 0. The lowest BCUT2D eigenvalue weighted by Gasteiger charge is -2.28. The number of esters is 2. The van der Waals surface area contributed by atoms with Crippen molar-refractivity contribution >= 4 is 19.8 Å². The molecule has 0 aliphatic rings. The van der Waals surface area contributed by atoms with Crippen molar-refractivity contribution in [2.75, 3.05) is 47.5 Å². The van der Waals surface area contributed by atoms with Gasteiger partial charge in [-0.05, 0) is 38.5 Å². The van der Waals surface area contributed by atoms with Gasteiger partial charge in [0.1, 0.15) is 19.8 Å². The lowest BCUT2D eigenvalue weighted by Crippen LogP contribution is -2.37. The molecule has 0 bridgehead atoms. The Morgan fingerprint density at radius 3 is 1.41 bits per heavy atom. The van der Waals surface area contributed by atoms with Gasteiger partial charge in [-0.2, -0.15) is 0 Å². The molecular weight excluding hydrogens is 701 g/mol. The average Bonchev–Trinajstić information content (AvgIpc) is 3.12. The SMILES string of the molecule is CCCCCCCCCCC/C=C/CCCCC(=O)OC[C@H](COP(=O)([O-])OCC[N+](C)(C)C)OC(=O)CCCCCCCCCCCCCCCCC. The molecule has 320 valence electrons. The first-order valence-corrected chi connectivity index (χ1v) is 23.9. The number of quaternary nitrogens is 1. The highest BCUT2D eigenvalue weighted by Gasteiger charge is 2.21. The van der Waals surface area contributed by atoms with Crippen LogP contribution in [0.15, 0.2) is 12.2 Å². The summed E-state index contributed by atoms with van der Waals surface area (Å²) in [5.74, 6) is -0.850. The van der Waals surface area contributed by atoms with Crippen molar-refractivity contribution in [2.45, 2.75) is 213 Å². The van der Waals surface area contributed by atoms with Crippen LogP contribution >= 0.6 is 7.82 Å². The number of phosphoric acid groups is 1. The molecule has 0 aromatic rings. The van der Waals surface area contributed by atoms with Crippen LogP contribution in [-0.4, -0.2) is 70.0 Å². The van der Waals surface area contributed by atoms with Crippen molar-refractivity contribution in [2.24, 2.45) is 0 Å². The molecule has 2 atom stereocenters. The van der Waals surface area contributed by atoms with E-state index in [1.807, 2.05) is 21.1 Å². The van der Waals surface area contributed by atoms with Gasteiger partial charge in [-0.1, -0.05) is 167 Å². The van der Waals surface area contributed by atoms with Gasteiger partial charge < -0.3 is 27.9 Å². The summed E-state index contributed by atoms with van der Waals surface area (Å²) in [6.45, 7) is 4.23. The summed E-state index contributed by atoms with van der Waals surface area (Å²) in [4.78, 5) is 37.5. The van der Waals surface area contributed by atoms with E-state index < -0.39 is 32.5 Å². The van der Waals surface area contributed by atoms with Crippen LogP contribution in [0.2, 0.25) is 0 Å². The molecule has 0 radical (unpaired) electrons. The van der Waals surface area contributed by atoms with E-state index in [4.69, 9.17) is 18.5 Å². The van der Waals surface area contributed by atoms with Gasteiger partial charge in [0.25, 0.3) is 7.82 Å². The summed E-state index contributed by atoms with van der Waals surface area (Å²) in [5.41, 5.74) is 0. The molecule has 0 spiro atoms. The highest BCUT2D eigenvalue weighted by molar-refractivity contribution is 7.45. The van der Waals surface area contributed by atoms with Gasteiger partial charge in [0, 0.05) is 12.8 Å². The van der Waals surface area contributed by atoms with Crippen LogP contribution in [0, 0.1) is 0 Å². The van der Waals surface area contributed by atoms with Crippen LogP contribution in [0.1, 0.15) is 206 Å². The second-order valence-corrected chi connectivity index (χ2v) is 17.8. The number of carbonyl (C=O) groups is 2. The van der Waals surface area contributed by atoms with Crippen LogP contribution < -0.4 is 4.89 Å². The first-order valence-electron chi connectivity index (χ1n) is 22.4. The van der Waals surface area contributed by atoms with E-state index in [9.17, 15) is 19.0 Å². The Hall–Kier alpha value is -1.25. The Morgan fingerprint density at radius 2 is 0.944 bits per heavy atom. The van der Waals surface area contributed by atoms with Crippen LogP contribution in [-0.2, 0) is 32.7 Å².